The third-order valence-electron chi connectivity index (χ3n) is 2.72. The van der Waals surface area contributed by atoms with Gasteiger partial charge in [0.15, 0.2) is 5.78 Å². The van der Waals surface area contributed by atoms with Gasteiger partial charge in [-0.1, -0.05) is 13.0 Å². The van der Waals surface area contributed by atoms with Crippen molar-refractivity contribution >= 4 is 5.78 Å². The van der Waals surface area contributed by atoms with Crippen LogP contribution in [0, 0.1) is 20.8 Å². The first-order valence-corrected chi connectivity index (χ1v) is 5.75. The zero-order chi connectivity index (χ0) is 12.1. The summed E-state index contributed by atoms with van der Waals surface area (Å²) in [5.41, 5.74) is 4.21. The Morgan fingerprint density at radius 3 is 2.38 bits per heavy atom. The molecule has 0 spiro atoms. The van der Waals surface area contributed by atoms with E-state index in [1.165, 1.54) is 5.56 Å². The molecule has 0 aliphatic rings. The van der Waals surface area contributed by atoms with E-state index in [1.54, 1.807) is 0 Å². The van der Waals surface area contributed by atoms with E-state index in [0.717, 1.165) is 23.1 Å². The number of ketones is 1. The van der Waals surface area contributed by atoms with Crippen molar-refractivity contribution in [2.24, 2.45) is 0 Å². The van der Waals surface area contributed by atoms with Gasteiger partial charge >= 0.3 is 0 Å². The number of benzene rings is 1. The number of hydrogen-bond acceptors (Lipinski definition) is 2. The molecule has 0 bridgehead atoms. The quantitative estimate of drug-likeness (QED) is 0.562. The van der Waals surface area contributed by atoms with Crippen LogP contribution in [0.25, 0.3) is 0 Å². The maximum atomic E-state index is 11.9. The zero-order valence-corrected chi connectivity index (χ0v) is 10.6. The first-order valence-electron chi connectivity index (χ1n) is 5.75. The Balaban J connectivity index is 2.79. The summed E-state index contributed by atoms with van der Waals surface area (Å²) < 4.78 is 5.27. The summed E-state index contributed by atoms with van der Waals surface area (Å²) >= 11 is 0. The largest absolute Gasteiger partial charge is 0.373 e. The van der Waals surface area contributed by atoms with Crippen molar-refractivity contribution in [3.8, 4) is 0 Å². The van der Waals surface area contributed by atoms with Crippen LogP contribution in [-0.2, 0) is 4.74 Å². The number of rotatable bonds is 5. The molecule has 0 radical (unpaired) electrons. The van der Waals surface area contributed by atoms with Crippen LogP contribution in [0.2, 0.25) is 0 Å². The van der Waals surface area contributed by atoms with E-state index in [9.17, 15) is 4.79 Å². The van der Waals surface area contributed by atoms with E-state index in [4.69, 9.17) is 4.74 Å². The van der Waals surface area contributed by atoms with Gasteiger partial charge in [-0.3, -0.25) is 4.79 Å². The van der Waals surface area contributed by atoms with Gasteiger partial charge in [0.1, 0.15) is 6.61 Å². The Morgan fingerprint density at radius 1 is 1.12 bits per heavy atom. The van der Waals surface area contributed by atoms with Crippen molar-refractivity contribution in [3.05, 3.63) is 34.4 Å². The number of ether oxygens (including phenoxy) is 1. The van der Waals surface area contributed by atoms with Crippen LogP contribution in [-0.4, -0.2) is 19.0 Å². The molecule has 2 heteroatoms. The Kier molecular flexibility index (Phi) is 4.69. The fourth-order valence-corrected chi connectivity index (χ4v) is 1.65. The molecule has 0 aliphatic carbocycles. The van der Waals surface area contributed by atoms with Gasteiger partial charge in [-0.05, 0) is 49.9 Å². The molecule has 0 fully saturated rings. The topological polar surface area (TPSA) is 26.3 Å². The molecular formula is C14H20O2. The summed E-state index contributed by atoms with van der Waals surface area (Å²) in [4.78, 5) is 11.9. The van der Waals surface area contributed by atoms with Crippen molar-refractivity contribution in [2.75, 3.05) is 13.2 Å². The van der Waals surface area contributed by atoms with Crippen LogP contribution >= 0.6 is 0 Å². The molecule has 0 atom stereocenters. The maximum Gasteiger partial charge on any atom is 0.188 e. The standard InChI is InChI=1S/C14H20O2/c1-5-6-16-9-14(15)13-8-11(3)10(2)7-12(13)4/h7-8H,5-6,9H2,1-4H3. The average Bonchev–Trinajstić information content (AvgIpc) is 2.23. The van der Waals surface area contributed by atoms with E-state index in [0.29, 0.717) is 6.61 Å². The second-order valence-corrected chi connectivity index (χ2v) is 4.23. The highest BCUT2D eigenvalue weighted by Gasteiger charge is 2.10. The Labute approximate surface area is 97.6 Å². The van der Waals surface area contributed by atoms with Gasteiger partial charge in [0, 0.05) is 12.2 Å². The molecule has 0 N–H and O–H groups in total. The first kappa shape index (κ1) is 12.9. The average molecular weight is 220 g/mol. The summed E-state index contributed by atoms with van der Waals surface area (Å²) in [5, 5.41) is 0. The molecule has 16 heavy (non-hydrogen) atoms. The van der Waals surface area contributed by atoms with Crippen molar-refractivity contribution < 1.29 is 9.53 Å². The van der Waals surface area contributed by atoms with Crippen LogP contribution in [0.4, 0.5) is 0 Å². The molecular weight excluding hydrogens is 200 g/mol. The lowest BCUT2D eigenvalue weighted by Crippen LogP contribution is -2.11. The summed E-state index contributed by atoms with van der Waals surface area (Å²) in [6.07, 6.45) is 0.944. The van der Waals surface area contributed by atoms with Crippen molar-refractivity contribution in [1.82, 2.24) is 0 Å². The molecule has 0 saturated heterocycles. The molecule has 0 amide bonds. The lowest BCUT2D eigenvalue weighted by Gasteiger charge is -2.09. The van der Waals surface area contributed by atoms with E-state index < -0.39 is 0 Å². The van der Waals surface area contributed by atoms with Crippen molar-refractivity contribution in [1.29, 1.82) is 0 Å². The van der Waals surface area contributed by atoms with Crippen LogP contribution in [0.15, 0.2) is 12.1 Å². The Morgan fingerprint density at radius 2 is 1.75 bits per heavy atom. The minimum atomic E-state index is 0.0778. The van der Waals surface area contributed by atoms with Gasteiger partial charge in [-0.25, -0.2) is 0 Å². The molecule has 1 aromatic carbocycles. The number of hydrogen-bond donors (Lipinski definition) is 0. The number of Topliss-reactive ketones (excluding diaryl/α,β-unsaturated/α-hetero) is 1. The van der Waals surface area contributed by atoms with Crippen LogP contribution in [0.1, 0.15) is 40.4 Å². The predicted octanol–water partition coefficient (Wildman–Crippen LogP) is 3.22. The van der Waals surface area contributed by atoms with Gasteiger partial charge < -0.3 is 4.74 Å². The summed E-state index contributed by atoms with van der Waals surface area (Å²) in [7, 11) is 0. The van der Waals surface area contributed by atoms with E-state index >= 15 is 0 Å². The van der Waals surface area contributed by atoms with Crippen LogP contribution in [0.5, 0.6) is 0 Å². The van der Waals surface area contributed by atoms with Crippen molar-refractivity contribution in [2.45, 2.75) is 34.1 Å². The zero-order valence-electron chi connectivity index (χ0n) is 10.6. The minimum absolute atomic E-state index is 0.0778. The second-order valence-electron chi connectivity index (χ2n) is 4.23. The molecule has 88 valence electrons. The smallest absolute Gasteiger partial charge is 0.188 e. The van der Waals surface area contributed by atoms with E-state index in [-0.39, 0.29) is 12.4 Å². The summed E-state index contributed by atoms with van der Waals surface area (Å²) in [5.74, 6) is 0.0778. The lowest BCUT2D eigenvalue weighted by molar-refractivity contribution is 0.0760. The van der Waals surface area contributed by atoms with Gasteiger partial charge in [-0.15, -0.1) is 0 Å². The minimum Gasteiger partial charge on any atom is -0.373 e. The van der Waals surface area contributed by atoms with Gasteiger partial charge in [0.2, 0.25) is 0 Å². The van der Waals surface area contributed by atoms with Gasteiger partial charge in [0.05, 0.1) is 0 Å². The predicted molar refractivity (Wildman–Crippen MR) is 66.1 cm³/mol. The van der Waals surface area contributed by atoms with Gasteiger partial charge in [0.25, 0.3) is 0 Å². The molecule has 0 heterocycles. The fraction of sp³-hybridized carbons (Fsp3) is 0.500. The molecule has 0 unspecified atom stereocenters. The molecule has 1 aromatic rings. The Bertz CT molecular complexity index is 381. The highest BCUT2D eigenvalue weighted by molar-refractivity contribution is 5.98. The van der Waals surface area contributed by atoms with E-state index in [1.807, 2.05) is 26.8 Å². The normalized spacial score (nSPS) is 10.5. The van der Waals surface area contributed by atoms with Crippen LogP contribution in [0.3, 0.4) is 0 Å². The molecule has 2 nitrogen and oxygen atoms in total. The van der Waals surface area contributed by atoms with Crippen LogP contribution < -0.4 is 0 Å². The number of carbonyl (C=O) groups excluding carboxylic acids is 1. The monoisotopic (exact) mass is 220 g/mol. The molecule has 0 aliphatic heterocycles. The molecule has 0 saturated carbocycles. The maximum absolute atomic E-state index is 11.9. The highest BCUT2D eigenvalue weighted by atomic mass is 16.5. The molecule has 1 rings (SSSR count). The SMILES string of the molecule is CCCOCC(=O)c1cc(C)c(C)cc1C. The Hall–Kier alpha value is -1.15. The summed E-state index contributed by atoms with van der Waals surface area (Å²) in [6.45, 7) is 8.93. The molecule has 0 aromatic heterocycles. The second kappa shape index (κ2) is 5.80. The highest BCUT2D eigenvalue weighted by Crippen LogP contribution is 2.15. The third-order valence-corrected chi connectivity index (χ3v) is 2.72. The first-order chi connectivity index (χ1) is 7.56. The lowest BCUT2D eigenvalue weighted by atomic mass is 9.98. The van der Waals surface area contributed by atoms with E-state index in [2.05, 4.69) is 13.0 Å². The van der Waals surface area contributed by atoms with Crippen molar-refractivity contribution in [3.63, 3.8) is 0 Å². The summed E-state index contributed by atoms with van der Waals surface area (Å²) in [6, 6.07) is 4.02. The number of aryl methyl sites for hydroxylation is 3. The number of carbonyl (C=O) groups is 1. The van der Waals surface area contributed by atoms with Gasteiger partial charge in [-0.2, -0.15) is 0 Å². The fourth-order valence-electron chi connectivity index (χ4n) is 1.65. The third kappa shape index (κ3) is 3.17.